The largest absolute Gasteiger partial charge is 0.384 e. The third kappa shape index (κ3) is 3.84. The molecule has 0 heterocycles. The lowest BCUT2D eigenvalue weighted by Crippen LogP contribution is -2.14. The van der Waals surface area contributed by atoms with Crippen molar-refractivity contribution in [2.75, 3.05) is 23.9 Å². The molecule has 0 aromatic heterocycles. The minimum atomic E-state index is -4.55. The molecule has 0 saturated carbocycles. The van der Waals surface area contributed by atoms with E-state index in [1.54, 1.807) is 17.8 Å². The summed E-state index contributed by atoms with van der Waals surface area (Å²) in [4.78, 5) is -0.343. The molecule has 1 N–H and O–H groups in total. The number of benzene rings is 1. The van der Waals surface area contributed by atoms with Gasteiger partial charge in [0.1, 0.15) is 0 Å². The molecular formula is C11H15F2NO2S2. The summed E-state index contributed by atoms with van der Waals surface area (Å²) in [7, 11) is -4.55. The van der Waals surface area contributed by atoms with Crippen LogP contribution in [0, 0.1) is 0 Å². The number of para-hydroxylation sites is 1. The van der Waals surface area contributed by atoms with Gasteiger partial charge in [-0.1, -0.05) is 12.1 Å². The normalized spacial score (nSPS) is 11.8. The van der Waals surface area contributed by atoms with E-state index in [1.165, 1.54) is 18.2 Å². The Bertz CT molecular complexity index is 478. The van der Waals surface area contributed by atoms with Gasteiger partial charge < -0.3 is 5.32 Å². The molecule has 1 aromatic carbocycles. The van der Waals surface area contributed by atoms with Gasteiger partial charge in [-0.25, -0.2) is 8.42 Å². The Morgan fingerprint density at radius 1 is 1.33 bits per heavy atom. The molecule has 1 aromatic rings. The van der Waals surface area contributed by atoms with Crippen molar-refractivity contribution < 1.29 is 17.2 Å². The van der Waals surface area contributed by atoms with Gasteiger partial charge >= 0.3 is 5.76 Å². The van der Waals surface area contributed by atoms with Crippen molar-refractivity contribution in [3.8, 4) is 0 Å². The second-order valence-corrected chi connectivity index (χ2v) is 6.45. The zero-order valence-electron chi connectivity index (χ0n) is 9.90. The topological polar surface area (TPSA) is 46.2 Å². The average Bonchev–Trinajstić information content (AvgIpc) is 2.35. The predicted molar refractivity (Wildman–Crippen MR) is 71.1 cm³/mol. The van der Waals surface area contributed by atoms with Crippen molar-refractivity contribution in [2.24, 2.45) is 0 Å². The van der Waals surface area contributed by atoms with Crippen LogP contribution in [-0.4, -0.2) is 32.7 Å². The highest BCUT2D eigenvalue weighted by Gasteiger charge is 2.28. The number of hydrogen-bond donors (Lipinski definition) is 1. The Balaban J connectivity index is 2.87. The van der Waals surface area contributed by atoms with Crippen molar-refractivity contribution >= 4 is 27.3 Å². The van der Waals surface area contributed by atoms with E-state index < -0.39 is 15.6 Å². The number of anilines is 1. The molecule has 0 fully saturated rings. The lowest BCUT2D eigenvalue weighted by atomic mass is 10.3. The van der Waals surface area contributed by atoms with Gasteiger partial charge in [0, 0.05) is 6.54 Å². The molecule has 0 bridgehead atoms. The van der Waals surface area contributed by atoms with Crippen molar-refractivity contribution in [1.29, 1.82) is 0 Å². The highest BCUT2D eigenvalue weighted by Crippen LogP contribution is 2.25. The quantitative estimate of drug-likeness (QED) is 0.786. The summed E-state index contributed by atoms with van der Waals surface area (Å²) >= 11 is 1.67. The van der Waals surface area contributed by atoms with Gasteiger partial charge in [-0.05, 0) is 30.6 Å². The molecule has 0 spiro atoms. The maximum absolute atomic E-state index is 12.5. The van der Waals surface area contributed by atoms with E-state index in [-0.39, 0.29) is 10.6 Å². The SMILES string of the molecule is CSCCCNc1ccccc1S(=O)(=O)C(F)F. The van der Waals surface area contributed by atoms with Crippen LogP contribution in [0.1, 0.15) is 6.42 Å². The summed E-state index contributed by atoms with van der Waals surface area (Å²) in [5.74, 6) is -2.47. The fourth-order valence-electron chi connectivity index (χ4n) is 1.40. The molecule has 0 aliphatic heterocycles. The minimum absolute atomic E-state index is 0.235. The molecule has 0 aliphatic carbocycles. The molecule has 0 amide bonds. The van der Waals surface area contributed by atoms with Crippen molar-refractivity contribution in [3.05, 3.63) is 24.3 Å². The predicted octanol–water partition coefficient (Wildman–Crippen LogP) is 2.85. The van der Waals surface area contributed by atoms with Gasteiger partial charge in [0.05, 0.1) is 10.6 Å². The van der Waals surface area contributed by atoms with Crippen molar-refractivity contribution in [3.63, 3.8) is 0 Å². The highest BCUT2D eigenvalue weighted by atomic mass is 32.2. The third-order valence-corrected chi connectivity index (χ3v) is 4.40. The monoisotopic (exact) mass is 295 g/mol. The Morgan fingerprint density at radius 2 is 2.00 bits per heavy atom. The number of nitrogens with one attached hydrogen (secondary N) is 1. The molecule has 3 nitrogen and oxygen atoms in total. The van der Waals surface area contributed by atoms with Crippen LogP contribution < -0.4 is 5.32 Å². The molecular weight excluding hydrogens is 280 g/mol. The zero-order valence-corrected chi connectivity index (χ0v) is 11.5. The van der Waals surface area contributed by atoms with Gasteiger partial charge in [0.25, 0.3) is 0 Å². The van der Waals surface area contributed by atoms with Crippen LogP contribution in [0.25, 0.3) is 0 Å². The molecule has 0 radical (unpaired) electrons. The van der Waals surface area contributed by atoms with Crippen LogP contribution in [0.15, 0.2) is 29.2 Å². The van der Waals surface area contributed by atoms with E-state index in [0.717, 1.165) is 12.2 Å². The van der Waals surface area contributed by atoms with Gasteiger partial charge in [-0.2, -0.15) is 20.5 Å². The summed E-state index contributed by atoms with van der Waals surface area (Å²) in [5.41, 5.74) is 0.235. The Kier molecular flexibility index (Phi) is 5.87. The smallest absolute Gasteiger partial charge is 0.341 e. The van der Waals surface area contributed by atoms with E-state index in [4.69, 9.17) is 0 Å². The van der Waals surface area contributed by atoms with Crippen LogP contribution in [0.5, 0.6) is 0 Å². The van der Waals surface area contributed by atoms with E-state index in [1.807, 2.05) is 6.26 Å². The first-order chi connectivity index (χ1) is 8.50. The Labute approximate surface area is 110 Å². The van der Waals surface area contributed by atoms with Gasteiger partial charge in [-0.15, -0.1) is 0 Å². The summed E-state index contributed by atoms with van der Waals surface area (Å²) in [6, 6.07) is 5.73. The maximum Gasteiger partial charge on any atom is 0.341 e. The van der Waals surface area contributed by atoms with Gasteiger partial charge in [0.2, 0.25) is 9.84 Å². The number of hydrogen-bond acceptors (Lipinski definition) is 4. The summed E-state index contributed by atoms with van der Waals surface area (Å²) in [6.07, 6.45) is 2.80. The molecule has 0 atom stereocenters. The molecule has 1 rings (SSSR count). The lowest BCUT2D eigenvalue weighted by Gasteiger charge is -2.11. The molecule has 0 unspecified atom stereocenters. The first-order valence-electron chi connectivity index (χ1n) is 5.34. The number of sulfone groups is 1. The van der Waals surface area contributed by atoms with Crippen LogP contribution in [0.2, 0.25) is 0 Å². The van der Waals surface area contributed by atoms with E-state index in [9.17, 15) is 17.2 Å². The molecule has 0 saturated heterocycles. The highest BCUT2D eigenvalue weighted by molar-refractivity contribution is 7.98. The third-order valence-electron chi connectivity index (χ3n) is 2.27. The molecule has 102 valence electrons. The Hall–Kier alpha value is -0.820. The van der Waals surface area contributed by atoms with Crippen molar-refractivity contribution in [1.82, 2.24) is 0 Å². The number of rotatable bonds is 7. The number of alkyl halides is 2. The average molecular weight is 295 g/mol. The fraction of sp³-hybridized carbons (Fsp3) is 0.455. The fourth-order valence-corrected chi connectivity index (χ4v) is 2.74. The van der Waals surface area contributed by atoms with Crippen LogP contribution in [0.3, 0.4) is 0 Å². The molecule has 18 heavy (non-hydrogen) atoms. The standard InChI is InChI=1S/C11H15F2NO2S2/c1-17-8-4-7-14-9-5-2-3-6-10(9)18(15,16)11(12)13/h2-3,5-6,11,14H,4,7-8H2,1H3. The van der Waals surface area contributed by atoms with Gasteiger partial charge in [0.15, 0.2) is 0 Å². The summed E-state index contributed by atoms with van der Waals surface area (Å²) in [5, 5.41) is 2.88. The van der Waals surface area contributed by atoms with Gasteiger partial charge in [-0.3, -0.25) is 0 Å². The van der Waals surface area contributed by atoms with Crippen LogP contribution >= 0.6 is 11.8 Å². The first-order valence-corrected chi connectivity index (χ1v) is 8.28. The zero-order chi connectivity index (χ0) is 13.6. The van der Waals surface area contributed by atoms with E-state index in [2.05, 4.69) is 5.32 Å². The first kappa shape index (κ1) is 15.2. The number of halogens is 2. The maximum atomic E-state index is 12.5. The van der Waals surface area contributed by atoms with Crippen LogP contribution in [-0.2, 0) is 9.84 Å². The summed E-state index contributed by atoms with van der Waals surface area (Å²) in [6.45, 7) is 0.552. The summed E-state index contributed by atoms with van der Waals surface area (Å²) < 4.78 is 47.9. The second-order valence-electron chi connectivity index (χ2n) is 3.57. The van der Waals surface area contributed by atoms with E-state index in [0.29, 0.717) is 6.54 Å². The Morgan fingerprint density at radius 3 is 2.61 bits per heavy atom. The number of thioether (sulfide) groups is 1. The minimum Gasteiger partial charge on any atom is -0.384 e. The van der Waals surface area contributed by atoms with Crippen LogP contribution in [0.4, 0.5) is 14.5 Å². The second kappa shape index (κ2) is 6.94. The molecule has 7 heteroatoms. The molecule has 0 aliphatic rings. The van der Waals surface area contributed by atoms with Crippen molar-refractivity contribution in [2.45, 2.75) is 17.1 Å². The van der Waals surface area contributed by atoms with E-state index >= 15 is 0 Å². The lowest BCUT2D eigenvalue weighted by molar-refractivity contribution is 0.235.